The van der Waals surface area contributed by atoms with E-state index in [0.717, 1.165) is 18.8 Å². The van der Waals surface area contributed by atoms with Crippen molar-refractivity contribution in [1.29, 1.82) is 0 Å². The van der Waals surface area contributed by atoms with E-state index in [0.29, 0.717) is 46.3 Å². The highest BCUT2D eigenvalue weighted by atomic mass is 19.1. The molecule has 0 radical (unpaired) electrons. The highest BCUT2D eigenvalue weighted by Gasteiger charge is 2.20. The molecule has 0 aliphatic carbocycles. The third-order valence-corrected chi connectivity index (χ3v) is 6.94. The molecule has 0 aliphatic rings. The summed E-state index contributed by atoms with van der Waals surface area (Å²) in [6, 6.07) is 8.73. The number of benzene rings is 2. The van der Waals surface area contributed by atoms with E-state index in [9.17, 15) is 4.79 Å². The summed E-state index contributed by atoms with van der Waals surface area (Å²) in [7, 11) is 7.55. The molecule has 2 heterocycles. The van der Waals surface area contributed by atoms with E-state index < -0.39 is 5.82 Å². The second kappa shape index (κ2) is 14.3. The smallest absolute Gasteiger partial charge is 0.247 e. The van der Waals surface area contributed by atoms with Crippen LogP contribution in [-0.2, 0) is 16.1 Å². The fraction of sp³-hybridized carbons (Fsp3) is 0.375. The largest absolute Gasteiger partial charge is 0.492 e. The first-order valence-electron chi connectivity index (χ1n) is 14.5. The van der Waals surface area contributed by atoms with Gasteiger partial charge in [-0.25, -0.2) is 19.3 Å². The second-order valence-electron chi connectivity index (χ2n) is 10.9. The molecule has 2 aromatic carbocycles. The molecule has 4 rings (SSSR count). The number of nitrogens with one attached hydrogen (secondary N) is 2. The van der Waals surface area contributed by atoms with E-state index in [1.807, 2.05) is 63.5 Å². The molecule has 2 N–H and O–H groups in total. The number of amides is 1. The Kier molecular flexibility index (Phi) is 10.5. The van der Waals surface area contributed by atoms with Crippen molar-refractivity contribution >= 4 is 40.0 Å². The first kappa shape index (κ1) is 32.4. The lowest BCUT2D eigenvalue weighted by Gasteiger charge is -2.26. The molecule has 0 bridgehead atoms. The normalized spacial score (nSPS) is 11.3. The minimum atomic E-state index is -0.447. The number of hydrogen-bond acceptors (Lipinski definition) is 9. The van der Waals surface area contributed by atoms with Crippen molar-refractivity contribution in [2.45, 2.75) is 33.4 Å². The average Bonchev–Trinajstić information content (AvgIpc) is 3.36. The van der Waals surface area contributed by atoms with Crippen LogP contribution in [-0.4, -0.2) is 78.3 Å². The van der Waals surface area contributed by atoms with Gasteiger partial charge in [0, 0.05) is 51.1 Å². The molecule has 0 aliphatic heterocycles. The van der Waals surface area contributed by atoms with Crippen molar-refractivity contribution in [2.75, 3.05) is 63.5 Å². The monoisotopic (exact) mass is 604 g/mol. The minimum absolute atomic E-state index is 0.0417. The summed E-state index contributed by atoms with van der Waals surface area (Å²) in [5.41, 5.74) is 3.94. The number of anilines is 4. The van der Waals surface area contributed by atoms with Crippen LogP contribution in [0.1, 0.15) is 32.6 Å². The summed E-state index contributed by atoms with van der Waals surface area (Å²) in [5, 5.41) is 6.14. The van der Waals surface area contributed by atoms with Gasteiger partial charge in [0.1, 0.15) is 23.7 Å². The van der Waals surface area contributed by atoms with Crippen molar-refractivity contribution in [3.8, 4) is 17.0 Å². The van der Waals surface area contributed by atoms with Crippen LogP contribution < -0.4 is 20.3 Å². The van der Waals surface area contributed by atoms with Gasteiger partial charge < -0.3 is 34.5 Å². The molecule has 1 amide bonds. The molecular weight excluding hydrogens is 563 g/mol. The Morgan fingerprint density at radius 1 is 1.14 bits per heavy atom. The quantitative estimate of drug-likeness (QED) is 0.177. The molecule has 0 unspecified atom stereocenters. The predicted molar refractivity (Wildman–Crippen MR) is 173 cm³/mol. The lowest BCUT2D eigenvalue weighted by atomic mass is 10.1. The van der Waals surface area contributed by atoms with Gasteiger partial charge in [0.2, 0.25) is 11.9 Å². The molecular formula is C32H41FN8O3. The lowest BCUT2D eigenvalue weighted by Crippen LogP contribution is -2.29. The Morgan fingerprint density at radius 2 is 1.91 bits per heavy atom. The molecule has 2 aromatic heterocycles. The standard InChI is InChI=1S/C32H41FN8O3/c1-9-30(42)35-24-17-25(28(44-10-2)18-26(24)40(7)14-13-39(5)6)37-32-34-12-11-23(36-32)21-15-22(33)31-27(16-21)41(20(3)4)29(38-31)19-43-8/h9,11-12,15-18,20H,1,10,13-14,19H2,2-8H3,(H,35,42)(H,34,36,37). The van der Waals surface area contributed by atoms with E-state index in [2.05, 4.69) is 32.1 Å². The number of likely N-dealkylation sites (N-methyl/N-ethyl adjacent to an activating group) is 2. The van der Waals surface area contributed by atoms with Gasteiger partial charge in [-0.05, 0) is 65.2 Å². The van der Waals surface area contributed by atoms with Gasteiger partial charge in [-0.3, -0.25) is 4.79 Å². The van der Waals surface area contributed by atoms with Crippen LogP contribution in [0.4, 0.5) is 27.4 Å². The number of ether oxygens (including phenoxy) is 2. The van der Waals surface area contributed by atoms with Crippen molar-refractivity contribution < 1.29 is 18.7 Å². The predicted octanol–water partition coefficient (Wildman–Crippen LogP) is 5.62. The van der Waals surface area contributed by atoms with Crippen molar-refractivity contribution in [2.24, 2.45) is 0 Å². The fourth-order valence-corrected chi connectivity index (χ4v) is 4.87. The van der Waals surface area contributed by atoms with Gasteiger partial charge >= 0.3 is 0 Å². The SMILES string of the molecule is C=CC(=O)Nc1cc(Nc2nccc(-c3cc(F)c4nc(COC)n(C(C)C)c4c3)n2)c(OCC)cc1N(C)CCN(C)C. The fourth-order valence-electron chi connectivity index (χ4n) is 4.87. The number of imidazole rings is 1. The van der Waals surface area contributed by atoms with Crippen LogP contribution >= 0.6 is 0 Å². The van der Waals surface area contributed by atoms with Gasteiger partial charge in [0.15, 0.2) is 5.82 Å². The van der Waals surface area contributed by atoms with Crippen molar-refractivity contribution in [3.05, 3.63) is 60.8 Å². The van der Waals surface area contributed by atoms with Crippen LogP contribution in [0.15, 0.2) is 49.2 Å². The summed E-state index contributed by atoms with van der Waals surface area (Å²) in [4.78, 5) is 30.1. The Morgan fingerprint density at radius 3 is 2.57 bits per heavy atom. The zero-order valence-electron chi connectivity index (χ0n) is 26.4. The molecule has 234 valence electrons. The lowest BCUT2D eigenvalue weighted by molar-refractivity contribution is -0.111. The number of fused-ring (bicyclic) bond motifs is 1. The molecule has 44 heavy (non-hydrogen) atoms. The number of rotatable bonds is 14. The summed E-state index contributed by atoms with van der Waals surface area (Å²) >= 11 is 0. The first-order chi connectivity index (χ1) is 21.1. The van der Waals surface area contributed by atoms with E-state index in [-0.39, 0.29) is 30.0 Å². The van der Waals surface area contributed by atoms with E-state index in [1.54, 1.807) is 25.4 Å². The van der Waals surface area contributed by atoms with Gasteiger partial charge in [0.25, 0.3) is 0 Å². The van der Waals surface area contributed by atoms with E-state index >= 15 is 4.39 Å². The second-order valence-corrected chi connectivity index (χ2v) is 10.9. The van der Waals surface area contributed by atoms with Gasteiger partial charge in [0.05, 0.1) is 34.9 Å². The van der Waals surface area contributed by atoms with Crippen LogP contribution in [0, 0.1) is 5.82 Å². The van der Waals surface area contributed by atoms with Gasteiger partial charge in [-0.15, -0.1) is 0 Å². The highest BCUT2D eigenvalue weighted by Crippen LogP contribution is 2.38. The Balaban J connectivity index is 1.75. The average molecular weight is 605 g/mol. The molecule has 4 aromatic rings. The maximum Gasteiger partial charge on any atom is 0.247 e. The molecule has 0 atom stereocenters. The van der Waals surface area contributed by atoms with Gasteiger partial charge in [-0.2, -0.15) is 0 Å². The first-order valence-corrected chi connectivity index (χ1v) is 14.5. The summed E-state index contributed by atoms with van der Waals surface area (Å²) < 4.78 is 28.6. The van der Waals surface area contributed by atoms with Crippen LogP contribution in [0.3, 0.4) is 0 Å². The maximum absolute atomic E-state index is 15.4. The summed E-state index contributed by atoms with van der Waals surface area (Å²) in [6.07, 6.45) is 2.83. The zero-order valence-corrected chi connectivity index (χ0v) is 26.4. The van der Waals surface area contributed by atoms with Crippen molar-refractivity contribution in [3.63, 3.8) is 0 Å². The highest BCUT2D eigenvalue weighted by molar-refractivity contribution is 6.02. The Hall–Kier alpha value is -4.55. The van der Waals surface area contributed by atoms with Crippen LogP contribution in [0.2, 0.25) is 0 Å². The molecule has 11 nitrogen and oxygen atoms in total. The number of carbonyl (C=O) groups excluding carboxylic acids is 1. The molecule has 0 saturated carbocycles. The molecule has 12 heteroatoms. The molecule has 0 saturated heterocycles. The number of carbonyl (C=O) groups is 1. The number of halogens is 1. The topological polar surface area (TPSA) is 110 Å². The molecule has 0 spiro atoms. The van der Waals surface area contributed by atoms with Crippen molar-refractivity contribution in [1.82, 2.24) is 24.4 Å². The third-order valence-electron chi connectivity index (χ3n) is 6.94. The van der Waals surface area contributed by atoms with E-state index in [1.165, 1.54) is 12.1 Å². The number of methoxy groups -OCH3 is 1. The number of nitrogens with zero attached hydrogens (tertiary/aromatic N) is 6. The summed E-state index contributed by atoms with van der Waals surface area (Å²) in [5.74, 6) is 0.696. The number of hydrogen-bond donors (Lipinski definition) is 2. The molecule has 0 fully saturated rings. The minimum Gasteiger partial charge on any atom is -0.492 e. The number of aromatic nitrogens is 4. The third kappa shape index (κ3) is 7.32. The Bertz CT molecular complexity index is 1640. The Labute approximate surface area is 257 Å². The van der Waals surface area contributed by atoms with E-state index in [4.69, 9.17) is 14.5 Å². The maximum atomic E-state index is 15.4. The van der Waals surface area contributed by atoms with Gasteiger partial charge in [-0.1, -0.05) is 6.58 Å². The zero-order chi connectivity index (χ0) is 32.0. The van der Waals surface area contributed by atoms with Crippen LogP contribution in [0.25, 0.3) is 22.3 Å². The van der Waals surface area contributed by atoms with Crippen LogP contribution in [0.5, 0.6) is 5.75 Å². The summed E-state index contributed by atoms with van der Waals surface area (Å²) in [6.45, 7) is 11.7.